The van der Waals surface area contributed by atoms with Crippen LogP contribution in [-0.4, -0.2) is 16.1 Å². The SMILES string of the molecule is CCC1C=C(C)C=C(Nc2cc(Nc3ccccc3C(=O)O)c(Cl)cn2)CCC1CC. The minimum absolute atomic E-state index is 0.185. The number of benzene rings is 1. The van der Waals surface area contributed by atoms with E-state index in [2.05, 4.69) is 48.5 Å². The Hall–Kier alpha value is -2.79. The normalized spacial score (nSPS) is 19.0. The summed E-state index contributed by atoms with van der Waals surface area (Å²) in [4.78, 5) is 15.9. The van der Waals surface area contributed by atoms with E-state index in [1.54, 1.807) is 30.5 Å². The lowest BCUT2D eigenvalue weighted by atomic mass is 9.81. The number of anilines is 3. The standard InChI is InChI=1S/C25H30ClN3O2/c1-4-17-10-11-19(13-16(3)12-18(17)5-2)28-24-14-23(21(26)15-27-24)29-22-9-7-6-8-20(22)25(30)31/h6-9,12-15,17-18H,4-5,10-11H2,1-3H3,(H,30,31)(H2,27,28,29). The number of aromatic nitrogens is 1. The number of nitrogens with one attached hydrogen (secondary N) is 2. The molecule has 3 rings (SSSR count). The summed E-state index contributed by atoms with van der Waals surface area (Å²) in [6.07, 6.45) is 10.6. The Morgan fingerprint density at radius 3 is 2.68 bits per heavy atom. The minimum atomic E-state index is -0.996. The van der Waals surface area contributed by atoms with E-state index in [0.29, 0.717) is 34.1 Å². The van der Waals surface area contributed by atoms with Crippen molar-refractivity contribution in [2.45, 2.75) is 46.5 Å². The summed E-state index contributed by atoms with van der Waals surface area (Å²) in [5.74, 6) is 0.971. The summed E-state index contributed by atoms with van der Waals surface area (Å²) in [6, 6.07) is 8.56. The lowest BCUT2D eigenvalue weighted by Crippen LogP contribution is -2.15. The summed E-state index contributed by atoms with van der Waals surface area (Å²) in [5, 5.41) is 16.4. The molecule has 2 aromatic rings. The van der Waals surface area contributed by atoms with E-state index >= 15 is 0 Å². The monoisotopic (exact) mass is 439 g/mol. The molecule has 1 aliphatic rings. The number of carboxylic acid groups (broad SMARTS) is 1. The summed E-state index contributed by atoms with van der Waals surface area (Å²) in [7, 11) is 0. The third-order valence-electron chi connectivity index (χ3n) is 5.84. The molecule has 6 heteroatoms. The molecular formula is C25H30ClN3O2. The number of aromatic carboxylic acids is 1. The zero-order valence-electron chi connectivity index (χ0n) is 18.3. The smallest absolute Gasteiger partial charge is 0.337 e. The molecule has 0 amide bonds. The van der Waals surface area contributed by atoms with Gasteiger partial charge in [0.2, 0.25) is 0 Å². The van der Waals surface area contributed by atoms with Crippen LogP contribution in [0.3, 0.4) is 0 Å². The van der Waals surface area contributed by atoms with Crippen molar-refractivity contribution in [2.75, 3.05) is 10.6 Å². The number of pyridine rings is 1. The van der Waals surface area contributed by atoms with Crippen LogP contribution in [0, 0.1) is 11.8 Å². The zero-order chi connectivity index (χ0) is 22.4. The van der Waals surface area contributed by atoms with Crippen molar-refractivity contribution in [1.29, 1.82) is 0 Å². The molecular weight excluding hydrogens is 410 g/mol. The second-order valence-corrected chi connectivity index (χ2v) is 8.42. The number of carboxylic acids is 1. The maximum atomic E-state index is 11.5. The van der Waals surface area contributed by atoms with Crippen LogP contribution < -0.4 is 10.6 Å². The van der Waals surface area contributed by atoms with Gasteiger partial charge in [0.15, 0.2) is 0 Å². The Kier molecular flexibility index (Phi) is 7.75. The van der Waals surface area contributed by atoms with Gasteiger partial charge in [0, 0.05) is 11.8 Å². The molecule has 1 heterocycles. The van der Waals surface area contributed by atoms with E-state index in [0.717, 1.165) is 25.0 Å². The number of rotatable bonds is 7. The van der Waals surface area contributed by atoms with Gasteiger partial charge in [-0.2, -0.15) is 0 Å². The second kappa shape index (κ2) is 10.5. The van der Waals surface area contributed by atoms with E-state index in [1.807, 2.05) is 6.07 Å². The fourth-order valence-corrected chi connectivity index (χ4v) is 4.32. The topological polar surface area (TPSA) is 74.2 Å². The number of carbonyl (C=O) groups is 1. The summed E-state index contributed by atoms with van der Waals surface area (Å²) < 4.78 is 0. The first-order chi connectivity index (χ1) is 14.9. The largest absolute Gasteiger partial charge is 0.478 e. The van der Waals surface area contributed by atoms with Gasteiger partial charge in [-0.25, -0.2) is 9.78 Å². The lowest BCUT2D eigenvalue weighted by Gasteiger charge is -2.26. The van der Waals surface area contributed by atoms with E-state index in [9.17, 15) is 9.90 Å². The average Bonchev–Trinajstić information content (AvgIpc) is 2.74. The molecule has 5 nitrogen and oxygen atoms in total. The quantitative estimate of drug-likeness (QED) is 0.423. The molecule has 3 N–H and O–H groups in total. The van der Waals surface area contributed by atoms with Crippen molar-refractivity contribution in [3.8, 4) is 0 Å². The molecule has 0 bridgehead atoms. The molecule has 0 spiro atoms. The Morgan fingerprint density at radius 2 is 1.97 bits per heavy atom. The second-order valence-electron chi connectivity index (χ2n) is 8.01. The molecule has 2 unspecified atom stereocenters. The fourth-order valence-electron chi connectivity index (χ4n) is 4.17. The number of nitrogens with zero attached hydrogens (tertiary/aromatic N) is 1. The highest BCUT2D eigenvalue weighted by Gasteiger charge is 2.19. The van der Waals surface area contributed by atoms with Gasteiger partial charge in [0.25, 0.3) is 0 Å². The molecule has 31 heavy (non-hydrogen) atoms. The fraction of sp³-hybridized carbons (Fsp3) is 0.360. The summed E-state index contributed by atoms with van der Waals surface area (Å²) in [5.41, 5.74) is 3.64. The van der Waals surface area contributed by atoms with E-state index in [-0.39, 0.29) is 5.56 Å². The molecule has 0 aliphatic heterocycles. The maximum absolute atomic E-state index is 11.5. The molecule has 1 aliphatic carbocycles. The van der Waals surface area contributed by atoms with E-state index in [1.165, 1.54) is 12.0 Å². The van der Waals surface area contributed by atoms with Crippen molar-refractivity contribution in [2.24, 2.45) is 11.8 Å². The van der Waals surface area contributed by atoms with Gasteiger partial charge in [-0.3, -0.25) is 0 Å². The molecule has 1 aromatic carbocycles. The molecule has 164 valence electrons. The van der Waals surface area contributed by atoms with E-state index < -0.39 is 5.97 Å². The predicted molar refractivity (Wildman–Crippen MR) is 128 cm³/mol. The number of hydrogen-bond acceptors (Lipinski definition) is 4. The number of allylic oxidation sites excluding steroid dienone is 4. The van der Waals surface area contributed by atoms with Crippen molar-refractivity contribution >= 4 is 34.8 Å². The van der Waals surface area contributed by atoms with Gasteiger partial charge >= 0.3 is 5.97 Å². The lowest BCUT2D eigenvalue weighted by molar-refractivity contribution is 0.0698. The molecule has 0 saturated heterocycles. The van der Waals surface area contributed by atoms with Crippen LogP contribution in [0.1, 0.15) is 56.8 Å². The van der Waals surface area contributed by atoms with E-state index in [4.69, 9.17) is 11.6 Å². The average molecular weight is 440 g/mol. The summed E-state index contributed by atoms with van der Waals surface area (Å²) >= 11 is 6.34. The number of halogens is 1. The first-order valence-corrected chi connectivity index (χ1v) is 11.2. The van der Waals surface area contributed by atoms with Crippen LogP contribution in [0.5, 0.6) is 0 Å². The number of para-hydroxylation sites is 1. The highest BCUT2D eigenvalue weighted by molar-refractivity contribution is 6.33. The van der Waals surface area contributed by atoms with Gasteiger partial charge in [-0.05, 0) is 56.2 Å². The third kappa shape index (κ3) is 5.88. The van der Waals surface area contributed by atoms with Gasteiger partial charge < -0.3 is 15.7 Å². The van der Waals surface area contributed by atoms with Crippen molar-refractivity contribution in [3.05, 3.63) is 70.5 Å². The van der Waals surface area contributed by atoms with Crippen LogP contribution in [0.2, 0.25) is 5.02 Å². The first kappa shape index (κ1) is 22.9. The Bertz CT molecular complexity index is 1000. The van der Waals surface area contributed by atoms with Crippen LogP contribution in [-0.2, 0) is 0 Å². The minimum Gasteiger partial charge on any atom is -0.478 e. The number of hydrogen-bond donors (Lipinski definition) is 3. The Morgan fingerprint density at radius 1 is 1.19 bits per heavy atom. The van der Waals surface area contributed by atoms with Crippen LogP contribution >= 0.6 is 11.6 Å². The molecule has 0 radical (unpaired) electrons. The van der Waals surface area contributed by atoms with Crippen LogP contribution in [0.25, 0.3) is 0 Å². The predicted octanol–water partition coefficient (Wildman–Crippen LogP) is 7.27. The molecule has 2 atom stereocenters. The maximum Gasteiger partial charge on any atom is 0.337 e. The Labute approximate surface area is 189 Å². The van der Waals surface area contributed by atoms with Gasteiger partial charge in [0.05, 0.1) is 28.2 Å². The molecule has 0 fully saturated rings. The van der Waals surface area contributed by atoms with Gasteiger partial charge in [0.1, 0.15) is 5.82 Å². The van der Waals surface area contributed by atoms with Crippen LogP contribution in [0.4, 0.5) is 17.2 Å². The van der Waals surface area contributed by atoms with Crippen LogP contribution in [0.15, 0.2) is 60.0 Å². The third-order valence-corrected chi connectivity index (χ3v) is 6.14. The van der Waals surface area contributed by atoms with Crippen molar-refractivity contribution < 1.29 is 9.90 Å². The zero-order valence-corrected chi connectivity index (χ0v) is 19.0. The van der Waals surface area contributed by atoms with Gasteiger partial charge in [-0.15, -0.1) is 0 Å². The van der Waals surface area contributed by atoms with Crippen molar-refractivity contribution in [1.82, 2.24) is 4.98 Å². The van der Waals surface area contributed by atoms with Gasteiger partial charge in [-0.1, -0.05) is 55.7 Å². The van der Waals surface area contributed by atoms with Crippen molar-refractivity contribution in [3.63, 3.8) is 0 Å². The summed E-state index contributed by atoms with van der Waals surface area (Å²) in [6.45, 7) is 6.67. The highest BCUT2D eigenvalue weighted by atomic mass is 35.5. The molecule has 0 saturated carbocycles. The first-order valence-electron chi connectivity index (χ1n) is 10.8. The molecule has 1 aromatic heterocycles. The Balaban J connectivity index is 1.84. The highest BCUT2D eigenvalue weighted by Crippen LogP contribution is 2.32.